The Balaban J connectivity index is 1.60. The Bertz CT molecular complexity index is 559. The number of anilines is 2. The lowest BCUT2D eigenvalue weighted by molar-refractivity contribution is -0.0287. The van der Waals surface area contributed by atoms with Crippen LogP contribution in [-0.4, -0.2) is 42.9 Å². The molecule has 146 valence electrons. The van der Waals surface area contributed by atoms with Crippen LogP contribution >= 0.6 is 0 Å². The van der Waals surface area contributed by atoms with Crippen LogP contribution < -0.4 is 16.0 Å². The third kappa shape index (κ3) is 4.89. The van der Waals surface area contributed by atoms with Gasteiger partial charge in [0.25, 0.3) is 0 Å². The van der Waals surface area contributed by atoms with E-state index in [1.807, 2.05) is 0 Å². The summed E-state index contributed by atoms with van der Waals surface area (Å²) in [7, 11) is 0. The average molecular weight is 361 g/mol. The molecule has 2 heterocycles. The predicted octanol–water partition coefficient (Wildman–Crippen LogP) is 3.71. The van der Waals surface area contributed by atoms with E-state index in [2.05, 4.69) is 43.1 Å². The van der Waals surface area contributed by atoms with E-state index in [9.17, 15) is 0 Å². The van der Waals surface area contributed by atoms with E-state index >= 15 is 0 Å². The van der Waals surface area contributed by atoms with E-state index in [1.54, 1.807) is 0 Å². The molecule has 2 atom stereocenters. The number of hydrogen-bond donors (Lipinski definition) is 2. The number of rotatable bonds is 6. The third-order valence-corrected chi connectivity index (χ3v) is 6.01. The first-order valence-corrected chi connectivity index (χ1v) is 10.5. The van der Waals surface area contributed by atoms with Crippen molar-refractivity contribution in [3.63, 3.8) is 0 Å². The minimum atomic E-state index is 0.311. The van der Waals surface area contributed by atoms with Crippen LogP contribution in [0.5, 0.6) is 0 Å². The smallest absolute Gasteiger partial charge is 0.129 e. The summed E-state index contributed by atoms with van der Waals surface area (Å²) in [4.78, 5) is 7.29. The number of nitrogens with one attached hydrogen (secondary N) is 1. The largest absolute Gasteiger partial charge is 0.383 e. The highest BCUT2D eigenvalue weighted by molar-refractivity contribution is 5.54. The molecule has 0 bridgehead atoms. The van der Waals surface area contributed by atoms with Gasteiger partial charge < -0.3 is 20.7 Å². The number of morpholine rings is 1. The van der Waals surface area contributed by atoms with Gasteiger partial charge in [-0.15, -0.1) is 0 Å². The summed E-state index contributed by atoms with van der Waals surface area (Å²) in [6.45, 7) is 9.41. The fourth-order valence-corrected chi connectivity index (χ4v) is 4.12. The zero-order valence-electron chi connectivity index (χ0n) is 16.7. The maximum absolute atomic E-state index is 6.11. The minimum absolute atomic E-state index is 0.311. The molecule has 1 aliphatic carbocycles. The van der Waals surface area contributed by atoms with E-state index in [1.165, 1.54) is 12.8 Å². The molecular formula is C21H36N4O. The summed E-state index contributed by atoms with van der Waals surface area (Å²) in [5.74, 6) is 1.82. The van der Waals surface area contributed by atoms with Crippen LogP contribution in [0.15, 0.2) is 12.1 Å². The number of nitrogens with two attached hydrogens (primary N) is 1. The van der Waals surface area contributed by atoms with Crippen LogP contribution in [0.4, 0.5) is 11.5 Å². The molecule has 0 radical (unpaired) electrons. The first kappa shape index (κ1) is 19.4. The zero-order valence-corrected chi connectivity index (χ0v) is 16.7. The molecule has 3 N–H and O–H groups in total. The van der Waals surface area contributed by atoms with Crippen molar-refractivity contribution >= 4 is 11.5 Å². The van der Waals surface area contributed by atoms with Gasteiger partial charge >= 0.3 is 0 Å². The van der Waals surface area contributed by atoms with Crippen molar-refractivity contribution in [3.8, 4) is 0 Å². The number of ether oxygens (including phenoxy) is 1. The molecule has 5 heteroatoms. The van der Waals surface area contributed by atoms with Crippen molar-refractivity contribution in [2.24, 2.45) is 11.7 Å². The summed E-state index contributed by atoms with van der Waals surface area (Å²) >= 11 is 0. The molecule has 3 rings (SSSR count). The van der Waals surface area contributed by atoms with Crippen LogP contribution in [0.25, 0.3) is 0 Å². The lowest BCUT2D eigenvalue weighted by Crippen LogP contribution is -2.47. The van der Waals surface area contributed by atoms with E-state index in [-0.39, 0.29) is 0 Å². The lowest BCUT2D eigenvalue weighted by atomic mass is 9.86. The summed E-state index contributed by atoms with van der Waals surface area (Å²) < 4.78 is 6.11. The Labute approximate surface area is 158 Å². The van der Waals surface area contributed by atoms with Crippen molar-refractivity contribution in [2.75, 3.05) is 29.9 Å². The number of aromatic nitrogens is 1. The number of hydrogen-bond acceptors (Lipinski definition) is 5. The highest BCUT2D eigenvalue weighted by atomic mass is 16.5. The van der Waals surface area contributed by atoms with Crippen LogP contribution in [0.1, 0.15) is 58.1 Å². The summed E-state index contributed by atoms with van der Waals surface area (Å²) in [6, 6.07) is 4.78. The Morgan fingerprint density at radius 3 is 2.35 bits per heavy atom. The Hall–Kier alpha value is -1.33. The first-order chi connectivity index (χ1) is 12.6. The highest BCUT2D eigenvalue weighted by Gasteiger charge is 2.26. The van der Waals surface area contributed by atoms with E-state index in [0.29, 0.717) is 18.2 Å². The van der Waals surface area contributed by atoms with Crippen LogP contribution in [0.2, 0.25) is 0 Å². The maximum atomic E-state index is 6.11. The molecule has 26 heavy (non-hydrogen) atoms. The van der Waals surface area contributed by atoms with Crippen LogP contribution in [0.3, 0.4) is 0 Å². The van der Waals surface area contributed by atoms with Crippen molar-refractivity contribution in [1.29, 1.82) is 0 Å². The molecular weight excluding hydrogens is 324 g/mol. The van der Waals surface area contributed by atoms with Crippen LogP contribution in [0, 0.1) is 12.8 Å². The second-order valence-electron chi connectivity index (χ2n) is 8.07. The van der Waals surface area contributed by atoms with Gasteiger partial charge in [0.1, 0.15) is 5.82 Å². The molecule has 2 fully saturated rings. The van der Waals surface area contributed by atoms with E-state index in [0.717, 1.165) is 68.4 Å². The molecule has 1 saturated carbocycles. The van der Waals surface area contributed by atoms with E-state index in [4.69, 9.17) is 15.5 Å². The standard InChI is InChI=1S/C21H36N4O/c1-4-18-13-25(14-19(5-2)26-18)21-11-10-20(15(3)24-21)23-12-16-6-8-17(22)9-7-16/h10-11,16-19,23H,4-9,12-14,22H2,1-3H3/t16?,17?,18-,19-/m1/s1. The van der Waals surface area contributed by atoms with Crippen molar-refractivity contribution in [1.82, 2.24) is 4.98 Å². The monoisotopic (exact) mass is 360 g/mol. The predicted molar refractivity (Wildman–Crippen MR) is 109 cm³/mol. The van der Waals surface area contributed by atoms with Gasteiger partial charge in [-0.2, -0.15) is 0 Å². The van der Waals surface area contributed by atoms with Crippen molar-refractivity contribution in [3.05, 3.63) is 17.8 Å². The SMILES string of the molecule is CC[C@@H]1CN(c2ccc(NCC3CCC(N)CC3)c(C)n2)C[C@@H](CC)O1. The lowest BCUT2D eigenvalue weighted by Gasteiger charge is -2.38. The van der Waals surface area contributed by atoms with Crippen LogP contribution in [-0.2, 0) is 4.74 Å². The Morgan fingerprint density at radius 1 is 1.12 bits per heavy atom. The molecule has 0 aromatic carbocycles. The zero-order chi connectivity index (χ0) is 18.5. The quantitative estimate of drug-likeness (QED) is 0.810. The normalized spacial score (nSPS) is 29.6. The minimum Gasteiger partial charge on any atom is -0.383 e. The van der Waals surface area contributed by atoms with Gasteiger partial charge in [0.2, 0.25) is 0 Å². The summed E-state index contributed by atoms with van der Waals surface area (Å²) in [6.07, 6.45) is 7.53. The molecule has 0 spiro atoms. The Kier molecular flexibility index (Phi) is 6.76. The van der Waals surface area contributed by atoms with Gasteiger partial charge in [-0.3, -0.25) is 0 Å². The number of pyridine rings is 1. The molecule has 1 aromatic heterocycles. The second-order valence-corrected chi connectivity index (χ2v) is 8.07. The molecule has 1 aromatic rings. The highest BCUT2D eigenvalue weighted by Crippen LogP contribution is 2.26. The van der Waals surface area contributed by atoms with Gasteiger partial charge in [-0.1, -0.05) is 13.8 Å². The van der Waals surface area contributed by atoms with Crippen molar-refractivity contribution < 1.29 is 4.74 Å². The molecule has 0 amide bonds. The summed E-state index contributed by atoms with van der Waals surface area (Å²) in [5.41, 5.74) is 8.26. The third-order valence-electron chi connectivity index (χ3n) is 6.01. The maximum Gasteiger partial charge on any atom is 0.129 e. The molecule has 2 aliphatic rings. The molecule has 1 saturated heterocycles. The fourth-order valence-electron chi connectivity index (χ4n) is 4.12. The second kappa shape index (κ2) is 9.05. The average Bonchev–Trinajstić information content (AvgIpc) is 2.67. The topological polar surface area (TPSA) is 63.4 Å². The fraction of sp³-hybridized carbons (Fsp3) is 0.762. The van der Waals surface area contributed by atoms with Gasteiger partial charge in [0.15, 0.2) is 0 Å². The van der Waals surface area contributed by atoms with Gasteiger partial charge in [-0.05, 0) is 63.5 Å². The van der Waals surface area contributed by atoms with Gasteiger partial charge in [0.05, 0.1) is 23.6 Å². The number of nitrogens with zero attached hydrogens (tertiary/aromatic N) is 2. The van der Waals surface area contributed by atoms with E-state index < -0.39 is 0 Å². The summed E-state index contributed by atoms with van der Waals surface area (Å²) in [5, 5.41) is 3.62. The first-order valence-electron chi connectivity index (χ1n) is 10.5. The Morgan fingerprint density at radius 2 is 1.77 bits per heavy atom. The number of aryl methyl sites for hydroxylation is 1. The molecule has 5 nitrogen and oxygen atoms in total. The van der Waals surface area contributed by atoms with Gasteiger partial charge in [0, 0.05) is 25.7 Å². The van der Waals surface area contributed by atoms with Gasteiger partial charge in [-0.25, -0.2) is 4.98 Å². The van der Waals surface area contributed by atoms with Crippen molar-refractivity contribution in [2.45, 2.75) is 77.5 Å². The molecule has 1 aliphatic heterocycles. The molecule has 0 unspecified atom stereocenters.